The minimum absolute atomic E-state index is 0.0254. The number of rotatable bonds is 4. The molecule has 6 nitrogen and oxygen atoms in total. The van der Waals surface area contributed by atoms with Gasteiger partial charge in [0, 0.05) is 32.6 Å². The van der Waals surface area contributed by atoms with Crippen LogP contribution in [0.15, 0.2) is 0 Å². The number of alkyl halides is 3. The van der Waals surface area contributed by atoms with Crippen LogP contribution in [0.3, 0.4) is 0 Å². The first kappa shape index (κ1) is 16.5. The summed E-state index contributed by atoms with van der Waals surface area (Å²) in [4.78, 5) is 23.7. The van der Waals surface area contributed by atoms with E-state index in [9.17, 15) is 27.9 Å². The number of halogens is 3. The molecule has 0 atom stereocenters. The first-order valence-electron chi connectivity index (χ1n) is 6.15. The van der Waals surface area contributed by atoms with Gasteiger partial charge >= 0.3 is 18.2 Å². The van der Waals surface area contributed by atoms with Crippen molar-refractivity contribution in [2.45, 2.75) is 31.5 Å². The Morgan fingerprint density at radius 2 is 1.90 bits per heavy atom. The van der Waals surface area contributed by atoms with Crippen LogP contribution >= 0.6 is 0 Å². The molecule has 0 unspecified atom stereocenters. The molecule has 0 aromatic rings. The van der Waals surface area contributed by atoms with E-state index >= 15 is 0 Å². The van der Waals surface area contributed by atoms with Gasteiger partial charge in [0.05, 0.1) is 0 Å². The molecule has 0 aliphatic carbocycles. The fourth-order valence-corrected chi connectivity index (χ4v) is 1.94. The molecule has 0 bridgehead atoms. The molecule has 1 rings (SSSR count). The second-order valence-corrected chi connectivity index (χ2v) is 4.56. The highest BCUT2D eigenvalue weighted by molar-refractivity contribution is 5.86. The number of nitrogens with one attached hydrogen (secondary N) is 1. The van der Waals surface area contributed by atoms with Crippen molar-refractivity contribution in [3.05, 3.63) is 0 Å². The van der Waals surface area contributed by atoms with E-state index in [1.807, 2.05) is 0 Å². The Labute approximate surface area is 113 Å². The van der Waals surface area contributed by atoms with Crippen molar-refractivity contribution in [2.75, 3.05) is 26.3 Å². The maximum Gasteiger partial charge on any atom is 0.406 e. The van der Waals surface area contributed by atoms with E-state index in [4.69, 9.17) is 4.74 Å². The third-order valence-electron chi connectivity index (χ3n) is 3.14. The molecule has 1 aliphatic rings. The first-order chi connectivity index (χ1) is 9.20. The Morgan fingerprint density at radius 3 is 2.30 bits per heavy atom. The van der Waals surface area contributed by atoms with Crippen LogP contribution in [0.25, 0.3) is 0 Å². The van der Waals surface area contributed by atoms with Gasteiger partial charge in [-0.05, 0) is 6.92 Å². The molecular weight excluding hydrogens is 281 g/mol. The van der Waals surface area contributed by atoms with Crippen LogP contribution < -0.4 is 5.32 Å². The molecule has 0 radical (unpaired) electrons. The van der Waals surface area contributed by atoms with Crippen molar-refractivity contribution in [1.82, 2.24) is 10.2 Å². The van der Waals surface area contributed by atoms with Gasteiger partial charge < -0.3 is 20.1 Å². The van der Waals surface area contributed by atoms with Gasteiger partial charge in [0.1, 0.15) is 12.1 Å². The van der Waals surface area contributed by atoms with Crippen LogP contribution in [-0.4, -0.2) is 60.0 Å². The Bertz CT molecular complexity index is 367. The lowest BCUT2D eigenvalue weighted by molar-refractivity contribution is -0.149. The standard InChI is InChI=1S/C11H17F3N2O4/c1-2-16(7-11(12,13)14)9(19)15-10(8(17)18)3-5-20-6-4-10/h2-7H2,1H3,(H,15,19)(H,17,18). The van der Waals surface area contributed by atoms with Gasteiger partial charge in [0.15, 0.2) is 0 Å². The smallest absolute Gasteiger partial charge is 0.406 e. The van der Waals surface area contributed by atoms with Gasteiger partial charge in [0.2, 0.25) is 0 Å². The second-order valence-electron chi connectivity index (χ2n) is 4.56. The molecule has 116 valence electrons. The summed E-state index contributed by atoms with van der Waals surface area (Å²) in [7, 11) is 0. The zero-order valence-corrected chi connectivity index (χ0v) is 11.0. The van der Waals surface area contributed by atoms with Gasteiger partial charge in [-0.15, -0.1) is 0 Å². The molecule has 0 aromatic heterocycles. The summed E-state index contributed by atoms with van der Waals surface area (Å²) in [6.07, 6.45) is -4.48. The van der Waals surface area contributed by atoms with E-state index in [0.717, 1.165) is 0 Å². The highest BCUT2D eigenvalue weighted by Crippen LogP contribution is 2.22. The van der Waals surface area contributed by atoms with Crippen LogP contribution in [-0.2, 0) is 9.53 Å². The fourth-order valence-electron chi connectivity index (χ4n) is 1.94. The number of hydrogen-bond donors (Lipinski definition) is 2. The molecule has 1 aliphatic heterocycles. The van der Waals surface area contributed by atoms with Crippen molar-refractivity contribution in [3.8, 4) is 0 Å². The third-order valence-corrected chi connectivity index (χ3v) is 3.14. The Balaban J connectivity index is 2.77. The number of ether oxygens (including phenoxy) is 1. The average Bonchev–Trinajstić information content (AvgIpc) is 2.35. The van der Waals surface area contributed by atoms with Gasteiger partial charge in [-0.1, -0.05) is 0 Å². The number of carboxylic acids is 1. The predicted molar refractivity (Wildman–Crippen MR) is 62.3 cm³/mol. The lowest BCUT2D eigenvalue weighted by atomic mass is 9.90. The lowest BCUT2D eigenvalue weighted by Crippen LogP contribution is -2.60. The molecule has 1 fully saturated rings. The first-order valence-corrected chi connectivity index (χ1v) is 6.15. The third kappa shape index (κ3) is 4.26. The summed E-state index contributed by atoms with van der Waals surface area (Å²) in [6.45, 7) is 0.0811. The topological polar surface area (TPSA) is 78.9 Å². The summed E-state index contributed by atoms with van der Waals surface area (Å²) in [5, 5.41) is 11.4. The summed E-state index contributed by atoms with van der Waals surface area (Å²) >= 11 is 0. The molecular formula is C11H17F3N2O4. The van der Waals surface area contributed by atoms with Crippen LogP contribution in [0, 0.1) is 0 Å². The van der Waals surface area contributed by atoms with E-state index < -0.39 is 30.3 Å². The number of aliphatic carboxylic acids is 1. The van der Waals surface area contributed by atoms with Crippen LogP contribution in [0.4, 0.5) is 18.0 Å². The van der Waals surface area contributed by atoms with E-state index in [1.54, 1.807) is 0 Å². The molecule has 2 amide bonds. The highest BCUT2D eigenvalue weighted by atomic mass is 19.4. The SMILES string of the molecule is CCN(CC(F)(F)F)C(=O)NC1(C(=O)O)CCOCC1. The minimum Gasteiger partial charge on any atom is -0.480 e. The maximum absolute atomic E-state index is 12.3. The van der Waals surface area contributed by atoms with Crippen molar-refractivity contribution in [3.63, 3.8) is 0 Å². The molecule has 20 heavy (non-hydrogen) atoms. The molecule has 0 spiro atoms. The fraction of sp³-hybridized carbons (Fsp3) is 0.818. The molecule has 9 heteroatoms. The number of carbonyl (C=O) groups excluding carboxylic acids is 1. The van der Waals surface area contributed by atoms with Gasteiger partial charge in [0.25, 0.3) is 0 Å². The Kier molecular flexibility index (Phi) is 5.21. The monoisotopic (exact) mass is 298 g/mol. The zero-order chi connectivity index (χ0) is 15.4. The quantitative estimate of drug-likeness (QED) is 0.818. The molecule has 0 saturated carbocycles. The molecule has 0 aromatic carbocycles. The van der Waals surface area contributed by atoms with Gasteiger partial charge in [-0.2, -0.15) is 13.2 Å². The number of carbonyl (C=O) groups is 2. The summed E-state index contributed by atoms with van der Waals surface area (Å²) < 4.78 is 42.0. The van der Waals surface area contributed by atoms with Crippen LogP contribution in [0.5, 0.6) is 0 Å². The number of amides is 2. The molecule has 2 N–H and O–H groups in total. The Morgan fingerprint density at radius 1 is 1.35 bits per heavy atom. The normalized spacial score (nSPS) is 18.4. The van der Waals surface area contributed by atoms with E-state index in [-0.39, 0.29) is 32.6 Å². The molecule has 1 saturated heterocycles. The van der Waals surface area contributed by atoms with Crippen molar-refractivity contribution < 1.29 is 32.6 Å². The summed E-state index contributed by atoms with van der Waals surface area (Å²) in [5.41, 5.74) is -1.56. The zero-order valence-electron chi connectivity index (χ0n) is 11.0. The number of carboxylic acid groups (broad SMARTS) is 1. The summed E-state index contributed by atoms with van der Waals surface area (Å²) in [5.74, 6) is -1.27. The number of hydrogen-bond acceptors (Lipinski definition) is 3. The van der Waals surface area contributed by atoms with E-state index in [1.165, 1.54) is 6.92 Å². The number of urea groups is 1. The maximum atomic E-state index is 12.3. The number of nitrogens with zero attached hydrogens (tertiary/aromatic N) is 1. The van der Waals surface area contributed by atoms with Gasteiger partial charge in [-0.25, -0.2) is 9.59 Å². The average molecular weight is 298 g/mol. The lowest BCUT2D eigenvalue weighted by Gasteiger charge is -2.35. The van der Waals surface area contributed by atoms with E-state index in [2.05, 4.69) is 5.32 Å². The van der Waals surface area contributed by atoms with Crippen LogP contribution in [0.2, 0.25) is 0 Å². The second kappa shape index (κ2) is 6.29. The van der Waals surface area contributed by atoms with Gasteiger partial charge in [-0.3, -0.25) is 0 Å². The minimum atomic E-state index is -4.53. The largest absolute Gasteiger partial charge is 0.480 e. The summed E-state index contributed by atoms with van der Waals surface area (Å²) in [6, 6.07) is -1.03. The molecule has 1 heterocycles. The van der Waals surface area contributed by atoms with E-state index in [0.29, 0.717) is 4.90 Å². The Hall–Kier alpha value is -1.51. The van der Waals surface area contributed by atoms with Crippen molar-refractivity contribution in [1.29, 1.82) is 0 Å². The van der Waals surface area contributed by atoms with Crippen molar-refractivity contribution in [2.24, 2.45) is 0 Å². The van der Waals surface area contributed by atoms with Crippen molar-refractivity contribution >= 4 is 12.0 Å². The predicted octanol–water partition coefficient (Wildman–Crippen LogP) is 1.21. The van der Waals surface area contributed by atoms with Crippen LogP contribution in [0.1, 0.15) is 19.8 Å². The highest BCUT2D eigenvalue weighted by Gasteiger charge is 2.43.